The molecule has 5 nitrogen and oxygen atoms in total. The van der Waals surface area contributed by atoms with Crippen molar-refractivity contribution in [3.63, 3.8) is 0 Å². The summed E-state index contributed by atoms with van der Waals surface area (Å²) < 4.78 is 53.7. The summed E-state index contributed by atoms with van der Waals surface area (Å²) in [7, 11) is -3.55. The zero-order valence-electron chi connectivity index (χ0n) is 13.9. The monoisotopic (exact) mass is 496 g/mol. The van der Waals surface area contributed by atoms with Crippen LogP contribution in [-0.2, 0) is 14.8 Å². The van der Waals surface area contributed by atoms with Crippen molar-refractivity contribution in [3.05, 3.63) is 45.8 Å². The quantitative estimate of drug-likeness (QED) is 0.595. The van der Waals surface area contributed by atoms with Crippen LogP contribution in [0.2, 0.25) is 0 Å². The minimum Gasteiger partial charge on any atom is -0.339 e. The van der Waals surface area contributed by atoms with E-state index < -0.39 is 21.7 Å². The van der Waals surface area contributed by atoms with Crippen LogP contribution in [0.3, 0.4) is 0 Å². The Morgan fingerprint density at radius 3 is 2.41 bits per heavy atom. The zero-order valence-corrected chi connectivity index (χ0v) is 17.9. The summed E-state index contributed by atoms with van der Waals surface area (Å²) in [5, 5.41) is 0. The van der Waals surface area contributed by atoms with E-state index in [1.807, 2.05) is 0 Å². The van der Waals surface area contributed by atoms with Gasteiger partial charge < -0.3 is 4.90 Å². The van der Waals surface area contributed by atoms with E-state index in [4.69, 9.17) is 0 Å². The second-order valence-electron chi connectivity index (χ2n) is 5.71. The summed E-state index contributed by atoms with van der Waals surface area (Å²) >= 11 is 5.53. The number of thiophene rings is 1. The fourth-order valence-electron chi connectivity index (χ4n) is 2.54. The molecule has 2 aromatic rings. The highest BCUT2D eigenvalue weighted by molar-refractivity contribution is 9.11. The van der Waals surface area contributed by atoms with Gasteiger partial charge >= 0.3 is 0 Å². The maximum atomic E-state index is 13.2. The summed E-state index contributed by atoms with van der Waals surface area (Å²) in [5.74, 6) is -1.97. The molecule has 1 fully saturated rings. The summed E-state index contributed by atoms with van der Waals surface area (Å²) in [6.45, 7) is 1.03. The smallest absolute Gasteiger partial charge is 0.252 e. The highest BCUT2D eigenvalue weighted by atomic mass is 79.9. The van der Waals surface area contributed by atoms with Crippen LogP contribution in [0.4, 0.5) is 8.78 Å². The van der Waals surface area contributed by atoms with Gasteiger partial charge in [0.1, 0.15) is 4.21 Å². The summed E-state index contributed by atoms with van der Waals surface area (Å²) in [5.41, 5.74) is 0. The SMILES string of the molecule is O=C(CSc1ccc(F)c(F)c1)N1CCN(S(=O)(=O)c2ccc(Br)s2)CC1. The van der Waals surface area contributed by atoms with Crippen LogP contribution < -0.4 is 0 Å². The molecule has 1 amide bonds. The molecule has 146 valence electrons. The van der Waals surface area contributed by atoms with Crippen LogP contribution in [0, 0.1) is 11.6 Å². The molecular weight excluding hydrogens is 482 g/mol. The first-order chi connectivity index (χ1) is 12.8. The second-order valence-corrected chi connectivity index (χ2v) is 11.4. The Balaban J connectivity index is 1.54. The molecule has 0 saturated carbocycles. The highest BCUT2D eigenvalue weighted by Crippen LogP contribution is 2.29. The molecule has 0 bridgehead atoms. The van der Waals surface area contributed by atoms with Crippen LogP contribution in [-0.4, -0.2) is 55.5 Å². The van der Waals surface area contributed by atoms with E-state index >= 15 is 0 Å². The summed E-state index contributed by atoms with van der Waals surface area (Å²) in [6, 6.07) is 6.73. The number of benzene rings is 1. The van der Waals surface area contributed by atoms with E-state index in [2.05, 4.69) is 15.9 Å². The number of carbonyl (C=O) groups excluding carboxylic acids is 1. The Bertz CT molecular complexity index is 944. The van der Waals surface area contributed by atoms with E-state index in [0.29, 0.717) is 18.0 Å². The Kier molecular flexibility index (Phi) is 6.57. The summed E-state index contributed by atoms with van der Waals surface area (Å²) in [4.78, 5) is 14.4. The molecule has 1 aliphatic rings. The van der Waals surface area contributed by atoms with Crippen LogP contribution in [0.5, 0.6) is 0 Å². The molecule has 1 aromatic heterocycles. The van der Waals surface area contributed by atoms with E-state index in [1.54, 1.807) is 17.0 Å². The van der Waals surface area contributed by atoms with Crippen LogP contribution in [0.1, 0.15) is 0 Å². The molecule has 0 unspecified atom stereocenters. The first-order valence-corrected chi connectivity index (χ1v) is 11.9. The Hall–Kier alpha value is -1.01. The lowest BCUT2D eigenvalue weighted by Crippen LogP contribution is -2.50. The zero-order chi connectivity index (χ0) is 19.6. The topological polar surface area (TPSA) is 57.7 Å². The van der Waals surface area contributed by atoms with Crippen molar-refractivity contribution in [2.45, 2.75) is 9.10 Å². The molecule has 3 rings (SSSR count). The van der Waals surface area contributed by atoms with Gasteiger partial charge in [-0.25, -0.2) is 17.2 Å². The molecule has 0 atom stereocenters. The fraction of sp³-hybridized carbons (Fsp3) is 0.312. The minimum absolute atomic E-state index is 0.0791. The number of hydrogen-bond acceptors (Lipinski definition) is 5. The number of rotatable bonds is 5. The average molecular weight is 497 g/mol. The number of amides is 1. The van der Waals surface area contributed by atoms with Gasteiger partial charge in [0.25, 0.3) is 10.0 Å². The molecule has 0 spiro atoms. The van der Waals surface area contributed by atoms with E-state index in [9.17, 15) is 22.0 Å². The Labute approximate surface area is 172 Å². The second kappa shape index (κ2) is 8.56. The molecule has 0 aliphatic carbocycles. The maximum absolute atomic E-state index is 13.2. The Morgan fingerprint density at radius 1 is 1.11 bits per heavy atom. The van der Waals surface area contributed by atoms with Gasteiger partial charge in [0.2, 0.25) is 5.91 Å². The number of carbonyl (C=O) groups is 1. The minimum atomic E-state index is -3.55. The fourth-order valence-corrected chi connectivity index (χ4v) is 6.95. The van der Waals surface area contributed by atoms with Gasteiger partial charge in [0, 0.05) is 31.1 Å². The van der Waals surface area contributed by atoms with Crippen molar-refractivity contribution in [3.8, 4) is 0 Å². The Morgan fingerprint density at radius 2 is 1.81 bits per heavy atom. The van der Waals surface area contributed by atoms with Crippen LogP contribution in [0.25, 0.3) is 0 Å². The van der Waals surface area contributed by atoms with Gasteiger partial charge in [-0.3, -0.25) is 4.79 Å². The molecular formula is C16H15BrF2N2O3S3. The third-order valence-electron chi connectivity index (χ3n) is 3.99. The first kappa shape index (κ1) is 20.7. The number of halogens is 3. The third kappa shape index (κ3) is 4.89. The molecule has 11 heteroatoms. The molecule has 27 heavy (non-hydrogen) atoms. The number of hydrogen-bond donors (Lipinski definition) is 0. The van der Waals surface area contributed by atoms with Crippen molar-refractivity contribution < 1.29 is 22.0 Å². The van der Waals surface area contributed by atoms with Crippen molar-refractivity contribution in [2.75, 3.05) is 31.9 Å². The molecule has 2 heterocycles. The predicted molar refractivity (Wildman–Crippen MR) is 104 cm³/mol. The molecule has 1 saturated heterocycles. The van der Waals surface area contributed by atoms with Crippen LogP contribution in [0.15, 0.2) is 43.2 Å². The normalized spacial score (nSPS) is 15.9. The average Bonchev–Trinajstić information content (AvgIpc) is 3.10. The molecule has 0 radical (unpaired) electrons. The third-order valence-corrected chi connectivity index (χ3v) is 8.96. The maximum Gasteiger partial charge on any atom is 0.252 e. The van der Waals surface area contributed by atoms with Gasteiger partial charge in [0.05, 0.1) is 9.54 Å². The number of sulfonamides is 1. The first-order valence-electron chi connectivity index (χ1n) is 7.88. The van der Waals surface area contributed by atoms with Crippen LogP contribution >= 0.6 is 39.0 Å². The lowest BCUT2D eigenvalue weighted by atomic mass is 10.3. The lowest BCUT2D eigenvalue weighted by Gasteiger charge is -2.33. The molecule has 0 N–H and O–H groups in total. The van der Waals surface area contributed by atoms with E-state index in [-0.39, 0.29) is 29.0 Å². The highest BCUT2D eigenvalue weighted by Gasteiger charge is 2.31. The van der Waals surface area contributed by atoms with Gasteiger partial charge in [-0.2, -0.15) is 4.31 Å². The lowest BCUT2D eigenvalue weighted by molar-refractivity contribution is -0.129. The van der Waals surface area contributed by atoms with Gasteiger partial charge in [-0.05, 0) is 46.3 Å². The number of thioether (sulfide) groups is 1. The van der Waals surface area contributed by atoms with Crippen molar-refractivity contribution in [1.29, 1.82) is 0 Å². The van der Waals surface area contributed by atoms with Gasteiger partial charge in [-0.1, -0.05) is 0 Å². The van der Waals surface area contributed by atoms with Crippen molar-refractivity contribution >= 4 is 55.0 Å². The standard InChI is InChI=1S/C16H15BrF2N2O3S3/c17-14-3-4-16(26-14)27(23,24)21-7-5-20(6-8-21)15(22)10-25-11-1-2-12(18)13(19)9-11/h1-4,9H,5-8,10H2. The summed E-state index contributed by atoms with van der Waals surface area (Å²) in [6.07, 6.45) is 0. The molecule has 1 aliphatic heterocycles. The van der Waals surface area contributed by atoms with Crippen molar-refractivity contribution in [1.82, 2.24) is 9.21 Å². The van der Waals surface area contributed by atoms with Crippen molar-refractivity contribution in [2.24, 2.45) is 0 Å². The largest absolute Gasteiger partial charge is 0.339 e. The number of nitrogens with zero attached hydrogens (tertiary/aromatic N) is 2. The van der Waals surface area contributed by atoms with Gasteiger partial charge in [0.15, 0.2) is 11.6 Å². The number of piperazine rings is 1. The van der Waals surface area contributed by atoms with E-state index in [0.717, 1.165) is 39.0 Å². The predicted octanol–water partition coefficient (Wildman–Crippen LogP) is 3.41. The van der Waals surface area contributed by atoms with Gasteiger partial charge in [-0.15, -0.1) is 23.1 Å². The van der Waals surface area contributed by atoms with E-state index in [1.165, 1.54) is 10.4 Å². The molecule has 1 aromatic carbocycles.